The van der Waals surface area contributed by atoms with Gasteiger partial charge >= 0.3 is 5.97 Å². The van der Waals surface area contributed by atoms with E-state index in [0.717, 1.165) is 0 Å². The molecule has 1 heterocycles. The van der Waals surface area contributed by atoms with Gasteiger partial charge in [0, 0.05) is 13.7 Å². The number of morpholine rings is 1. The zero-order chi connectivity index (χ0) is 14.5. The zero-order valence-electron chi connectivity index (χ0n) is 11.2. The number of nitrogens with zero attached hydrogens (tertiary/aromatic N) is 1. The fourth-order valence-corrected chi connectivity index (χ4v) is 2.23. The summed E-state index contributed by atoms with van der Waals surface area (Å²) in [5, 5.41) is 9.17. The lowest BCUT2D eigenvalue weighted by molar-refractivity contribution is -0.163. The summed E-state index contributed by atoms with van der Waals surface area (Å²) >= 11 is 0. The van der Waals surface area contributed by atoms with E-state index in [1.54, 1.807) is 12.1 Å². The number of carboxylic acid groups (broad SMARTS) is 1. The van der Waals surface area contributed by atoms with E-state index in [2.05, 4.69) is 0 Å². The highest BCUT2D eigenvalue weighted by Gasteiger charge is 2.36. The SMILES string of the molecule is CO[C@H](C(=O)N1CCOC[C@H]1C(=O)O)c1ccccc1. The lowest BCUT2D eigenvalue weighted by Gasteiger charge is -2.34. The lowest BCUT2D eigenvalue weighted by Crippen LogP contribution is -2.54. The van der Waals surface area contributed by atoms with Crippen molar-refractivity contribution < 1.29 is 24.2 Å². The number of carbonyl (C=O) groups excluding carboxylic acids is 1. The molecule has 1 amide bonds. The van der Waals surface area contributed by atoms with E-state index >= 15 is 0 Å². The summed E-state index contributed by atoms with van der Waals surface area (Å²) in [4.78, 5) is 25.0. The standard InChI is InChI=1S/C14H17NO5/c1-19-12(10-5-3-2-4-6-10)13(16)15-7-8-20-9-11(15)14(17)18/h2-6,11-12H,7-9H2,1H3,(H,17,18)/t11-,12-/m0/s1. The average molecular weight is 279 g/mol. The number of carboxylic acids is 1. The summed E-state index contributed by atoms with van der Waals surface area (Å²) in [5.74, 6) is -1.42. The van der Waals surface area contributed by atoms with Gasteiger partial charge in [-0.05, 0) is 5.56 Å². The smallest absolute Gasteiger partial charge is 0.328 e. The molecular formula is C14H17NO5. The monoisotopic (exact) mass is 279 g/mol. The topological polar surface area (TPSA) is 76.1 Å². The maximum Gasteiger partial charge on any atom is 0.328 e. The Hall–Kier alpha value is -1.92. The van der Waals surface area contributed by atoms with Crippen molar-refractivity contribution in [1.82, 2.24) is 4.90 Å². The van der Waals surface area contributed by atoms with Crippen LogP contribution in [-0.2, 0) is 19.1 Å². The van der Waals surface area contributed by atoms with Crippen LogP contribution in [0.25, 0.3) is 0 Å². The van der Waals surface area contributed by atoms with Gasteiger partial charge in [0.15, 0.2) is 12.1 Å². The van der Waals surface area contributed by atoms with E-state index in [-0.39, 0.29) is 19.1 Å². The Morgan fingerprint density at radius 3 is 2.70 bits per heavy atom. The molecule has 2 atom stereocenters. The summed E-state index contributed by atoms with van der Waals surface area (Å²) < 4.78 is 10.4. The molecule has 6 heteroatoms. The van der Waals surface area contributed by atoms with Crippen LogP contribution in [0.5, 0.6) is 0 Å². The first kappa shape index (κ1) is 14.5. The highest BCUT2D eigenvalue weighted by Crippen LogP contribution is 2.21. The van der Waals surface area contributed by atoms with E-state index in [1.807, 2.05) is 18.2 Å². The second kappa shape index (κ2) is 6.49. The number of aliphatic carboxylic acids is 1. The summed E-state index contributed by atoms with van der Waals surface area (Å²) in [6.45, 7) is 0.593. The predicted octanol–water partition coefficient (Wildman–Crippen LogP) is 0.686. The van der Waals surface area contributed by atoms with Crippen LogP contribution in [0.3, 0.4) is 0 Å². The fraction of sp³-hybridized carbons (Fsp3) is 0.429. The first-order valence-electron chi connectivity index (χ1n) is 6.34. The summed E-state index contributed by atoms with van der Waals surface area (Å²) in [6, 6.07) is 8.06. The van der Waals surface area contributed by atoms with Gasteiger partial charge < -0.3 is 19.5 Å². The van der Waals surface area contributed by atoms with Gasteiger partial charge in [0.2, 0.25) is 0 Å². The zero-order valence-corrected chi connectivity index (χ0v) is 11.2. The van der Waals surface area contributed by atoms with E-state index in [0.29, 0.717) is 12.2 Å². The van der Waals surface area contributed by atoms with Gasteiger partial charge in [0.25, 0.3) is 5.91 Å². The van der Waals surface area contributed by atoms with Gasteiger partial charge in [-0.2, -0.15) is 0 Å². The molecule has 1 aliphatic rings. The second-order valence-corrected chi connectivity index (χ2v) is 4.49. The van der Waals surface area contributed by atoms with Crippen LogP contribution in [0, 0.1) is 0 Å². The van der Waals surface area contributed by atoms with Crippen LogP contribution < -0.4 is 0 Å². The van der Waals surface area contributed by atoms with E-state index < -0.39 is 18.1 Å². The Morgan fingerprint density at radius 1 is 1.40 bits per heavy atom. The Labute approximate surface area is 116 Å². The molecule has 1 fully saturated rings. The van der Waals surface area contributed by atoms with Crippen LogP contribution in [0.15, 0.2) is 30.3 Å². The molecule has 1 aromatic rings. The average Bonchev–Trinajstić information content (AvgIpc) is 2.49. The molecule has 2 rings (SSSR count). The van der Waals surface area contributed by atoms with Crippen molar-refractivity contribution in [2.45, 2.75) is 12.1 Å². The van der Waals surface area contributed by atoms with Gasteiger partial charge in [-0.25, -0.2) is 4.79 Å². The normalized spacial score (nSPS) is 20.4. The van der Waals surface area contributed by atoms with Crippen molar-refractivity contribution in [2.24, 2.45) is 0 Å². The molecule has 0 aromatic heterocycles. The molecule has 0 radical (unpaired) electrons. The first-order chi connectivity index (χ1) is 9.65. The van der Waals surface area contributed by atoms with Crippen LogP contribution in [-0.4, -0.2) is 54.8 Å². The molecule has 0 unspecified atom stereocenters. The maximum absolute atomic E-state index is 12.5. The molecule has 0 spiro atoms. The minimum absolute atomic E-state index is 0.00625. The Balaban J connectivity index is 2.21. The number of benzene rings is 1. The number of methoxy groups -OCH3 is 1. The van der Waals surface area contributed by atoms with E-state index in [1.165, 1.54) is 12.0 Å². The second-order valence-electron chi connectivity index (χ2n) is 4.49. The van der Waals surface area contributed by atoms with Gasteiger partial charge in [0.05, 0.1) is 13.2 Å². The van der Waals surface area contributed by atoms with Gasteiger partial charge in [-0.3, -0.25) is 4.79 Å². The van der Waals surface area contributed by atoms with Crippen molar-refractivity contribution in [3.63, 3.8) is 0 Å². The van der Waals surface area contributed by atoms with Crippen molar-refractivity contribution >= 4 is 11.9 Å². The van der Waals surface area contributed by atoms with Gasteiger partial charge in [-0.1, -0.05) is 30.3 Å². The maximum atomic E-state index is 12.5. The highest BCUT2D eigenvalue weighted by molar-refractivity contribution is 5.87. The largest absolute Gasteiger partial charge is 0.480 e. The number of hydrogen-bond acceptors (Lipinski definition) is 4. The minimum Gasteiger partial charge on any atom is -0.480 e. The molecule has 1 saturated heterocycles. The number of ether oxygens (including phenoxy) is 2. The molecule has 20 heavy (non-hydrogen) atoms. The number of amides is 1. The third-order valence-electron chi connectivity index (χ3n) is 3.26. The highest BCUT2D eigenvalue weighted by atomic mass is 16.5. The fourth-order valence-electron chi connectivity index (χ4n) is 2.23. The lowest BCUT2D eigenvalue weighted by atomic mass is 10.1. The van der Waals surface area contributed by atoms with Gasteiger partial charge in [0.1, 0.15) is 0 Å². The van der Waals surface area contributed by atoms with Crippen LogP contribution in [0.4, 0.5) is 0 Å². The molecule has 6 nitrogen and oxygen atoms in total. The first-order valence-corrected chi connectivity index (χ1v) is 6.34. The van der Waals surface area contributed by atoms with Gasteiger partial charge in [-0.15, -0.1) is 0 Å². The number of carbonyl (C=O) groups is 2. The molecular weight excluding hydrogens is 262 g/mol. The molecule has 1 aromatic carbocycles. The van der Waals surface area contributed by atoms with Crippen molar-refractivity contribution in [2.75, 3.05) is 26.9 Å². The molecule has 1 N–H and O–H groups in total. The van der Waals surface area contributed by atoms with Crippen molar-refractivity contribution in [3.05, 3.63) is 35.9 Å². The molecule has 108 valence electrons. The molecule has 0 bridgehead atoms. The number of hydrogen-bond donors (Lipinski definition) is 1. The Kier molecular flexibility index (Phi) is 4.70. The van der Waals surface area contributed by atoms with Crippen molar-refractivity contribution in [3.8, 4) is 0 Å². The molecule has 1 aliphatic heterocycles. The van der Waals surface area contributed by atoms with E-state index in [4.69, 9.17) is 14.6 Å². The summed E-state index contributed by atoms with van der Waals surface area (Å²) in [6.07, 6.45) is -0.795. The molecule has 0 saturated carbocycles. The van der Waals surface area contributed by atoms with E-state index in [9.17, 15) is 9.59 Å². The predicted molar refractivity (Wildman–Crippen MR) is 70.1 cm³/mol. The third kappa shape index (κ3) is 2.97. The number of rotatable bonds is 4. The summed E-state index contributed by atoms with van der Waals surface area (Å²) in [7, 11) is 1.44. The van der Waals surface area contributed by atoms with Crippen LogP contribution in [0.2, 0.25) is 0 Å². The summed E-state index contributed by atoms with van der Waals surface area (Å²) in [5.41, 5.74) is 0.704. The van der Waals surface area contributed by atoms with Crippen LogP contribution >= 0.6 is 0 Å². The Bertz CT molecular complexity index is 476. The minimum atomic E-state index is -1.07. The quantitative estimate of drug-likeness (QED) is 0.877. The third-order valence-corrected chi connectivity index (χ3v) is 3.26. The van der Waals surface area contributed by atoms with Crippen molar-refractivity contribution in [1.29, 1.82) is 0 Å². The molecule has 0 aliphatic carbocycles. The Morgan fingerprint density at radius 2 is 2.10 bits per heavy atom. The van der Waals surface area contributed by atoms with Crippen LogP contribution in [0.1, 0.15) is 11.7 Å².